The molecule has 0 aliphatic heterocycles. The van der Waals surface area contributed by atoms with Crippen LogP contribution in [-0.4, -0.2) is 39.7 Å². The Morgan fingerprint density at radius 1 is 1.29 bits per heavy atom. The molecular weight excluding hydrogens is 306 g/mol. The molecule has 4 bridgehead atoms. The monoisotopic (exact) mass is 331 g/mol. The van der Waals surface area contributed by atoms with Gasteiger partial charge in [-0.25, -0.2) is 9.97 Å². The van der Waals surface area contributed by atoms with Crippen molar-refractivity contribution in [3.8, 4) is 6.01 Å². The molecule has 4 fully saturated rings. The van der Waals surface area contributed by atoms with E-state index < -0.39 is 5.60 Å². The number of amides is 1. The van der Waals surface area contributed by atoms with Gasteiger partial charge in [0.15, 0.2) is 0 Å². The molecular formula is C18H25N3O3. The van der Waals surface area contributed by atoms with Crippen LogP contribution in [0.4, 0.5) is 0 Å². The predicted octanol–water partition coefficient (Wildman–Crippen LogP) is 1.93. The first kappa shape index (κ1) is 15.8. The molecule has 0 aromatic carbocycles. The highest BCUT2D eigenvalue weighted by Gasteiger charge is 2.59. The van der Waals surface area contributed by atoms with Crippen molar-refractivity contribution in [2.75, 3.05) is 7.11 Å². The molecule has 6 heteroatoms. The zero-order chi connectivity index (χ0) is 16.9. The van der Waals surface area contributed by atoms with Crippen LogP contribution in [0.5, 0.6) is 6.01 Å². The largest absolute Gasteiger partial charge is 0.467 e. The first-order valence-corrected chi connectivity index (χ1v) is 8.81. The van der Waals surface area contributed by atoms with Crippen LogP contribution in [0.15, 0.2) is 12.4 Å². The van der Waals surface area contributed by atoms with Gasteiger partial charge in [-0.2, -0.15) is 0 Å². The van der Waals surface area contributed by atoms with E-state index in [1.807, 2.05) is 0 Å². The van der Waals surface area contributed by atoms with Gasteiger partial charge >= 0.3 is 6.01 Å². The second-order valence-corrected chi connectivity index (χ2v) is 8.20. The van der Waals surface area contributed by atoms with Gasteiger partial charge in [0, 0.05) is 18.4 Å². The summed E-state index contributed by atoms with van der Waals surface area (Å²) in [6, 6.07) is 0.285. The van der Waals surface area contributed by atoms with Crippen molar-refractivity contribution in [2.24, 2.45) is 17.3 Å². The van der Waals surface area contributed by atoms with Gasteiger partial charge in [0.1, 0.15) is 0 Å². The molecule has 1 aromatic rings. The van der Waals surface area contributed by atoms with Gasteiger partial charge in [-0.3, -0.25) is 4.79 Å². The number of rotatable bonds is 4. The smallest absolute Gasteiger partial charge is 0.316 e. The standard InChI is InChI=1S/C18H25N3O3/c1-11(21-15(22)14-8-19-16(24-2)20-9-14)17-4-12-3-13(5-17)7-18(23,6-12)10-17/h8-9,11-13,23H,3-7,10H2,1-2H3,(H,21,22)/t11-,12-,13-,17?,18?/m0/s1. The molecule has 0 spiro atoms. The number of hydrogen-bond donors (Lipinski definition) is 2. The maximum Gasteiger partial charge on any atom is 0.316 e. The fourth-order valence-corrected chi connectivity index (χ4v) is 5.76. The number of aliphatic hydroxyl groups is 1. The highest BCUT2D eigenvalue weighted by molar-refractivity contribution is 5.93. The van der Waals surface area contributed by atoms with E-state index in [1.165, 1.54) is 25.9 Å². The van der Waals surface area contributed by atoms with E-state index >= 15 is 0 Å². The molecule has 1 amide bonds. The van der Waals surface area contributed by atoms with E-state index in [0.29, 0.717) is 17.4 Å². The summed E-state index contributed by atoms with van der Waals surface area (Å²) in [5.41, 5.74) is -0.0419. The van der Waals surface area contributed by atoms with Gasteiger partial charge < -0.3 is 15.2 Å². The first-order valence-electron chi connectivity index (χ1n) is 8.81. The van der Waals surface area contributed by atoms with Crippen molar-refractivity contribution in [2.45, 2.75) is 57.1 Å². The quantitative estimate of drug-likeness (QED) is 0.881. The molecule has 3 atom stereocenters. The number of nitrogens with one attached hydrogen (secondary N) is 1. The Morgan fingerprint density at radius 3 is 2.46 bits per heavy atom. The molecule has 2 N–H and O–H groups in total. The van der Waals surface area contributed by atoms with Crippen molar-refractivity contribution in [1.29, 1.82) is 0 Å². The van der Waals surface area contributed by atoms with E-state index in [4.69, 9.17) is 4.74 Å². The Labute approximate surface area is 142 Å². The summed E-state index contributed by atoms with van der Waals surface area (Å²) >= 11 is 0. The van der Waals surface area contributed by atoms with E-state index in [0.717, 1.165) is 32.1 Å². The Bertz CT molecular complexity index is 631. The van der Waals surface area contributed by atoms with Crippen LogP contribution in [0.3, 0.4) is 0 Å². The molecule has 24 heavy (non-hydrogen) atoms. The second kappa shape index (κ2) is 5.41. The van der Waals surface area contributed by atoms with Crippen LogP contribution < -0.4 is 10.1 Å². The maximum absolute atomic E-state index is 12.5. The Hall–Kier alpha value is -1.69. The zero-order valence-electron chi connectivity index (χ0n) is 14.3. The lowest BCUT2D eigenvalue weighted by atomic mass is 9.46. The van der Waals surface area contributed by atoms with E-state index in [-0.39, 0.29) is 23.4 Å². The molecule has 0 unspecified atom stereocenters. The summed E-state index contributed by atoms with van der Waals surface area (Å²) in [5.74, 6) is 1.06. The second-order valence-electron chi connectivity index (χ2n) is 8.20. The SMILES string of the molecule is COc1ncc(C(=O)N[C@@H](C)C23C[C@@H]4C[C@H](CC(O)(C4)C2)C3)cn1. The molecule has 4 aliphatic carbocycles. The molecule has 1 aromatic heterocycles. The van der Waals surface area contributed by atoms with E-state index in [1.54, 1.807) is 0 Å². The molecule has 0 radical (unpaired) electrons. The number of carbonyl (C=O) groups is 1. The predicted molar refractivity (Wildman–Crippen MR) is 87.6 cm³/mol. The average molecular weight is 331 g/mol. The summed E-state index contributed by atoms with van der Waals surface area (Å²) in [5, 5.41) is 14.0. The number of nitrogens with zero attached hydrogens (tertiary/aromatic N) is 2. The molecule has 4 aliphatic rings. The van der Waals surface area contributed by atoms with Crippen molar-refractivity contribution in [1.82, 2.24) is 15.3 Å². The average Bonchev–Trinajstić information content (AvgIpc) is 2.52. The van der Waals surface area contributed by atoms with Gasteiger partial charge in [-0.05, 0) is 62.7 Å². The summed E-state index contributed by atoms with van der Waals surface area (Å²) in [6.07, 6.45) is 9.15. The first-order chi connectivity index (χ1) is 11.4. The third-order valence-electron chi connectivity index (χ3n) is 6.41. The Balaban J connectivity index is 1.49. The lowest BCUT2D eigenvalue weighted by molar-refractivity contribution is -0.171. The van der Waals surface area contributed by atoms with Gasteiger partial charge in [-0.15, -0.1) is 0 Å². The molecule has 6 nitrogen and oxygen atoms in total. The maximum atomic E-state index is 12.5. The fourth-order valence-electron chi connectivity index (χ4n) is 5.76. The summed E-state index contributed by atoms with van der Waals surface area (Å²) in [4.78, 5) is 20.5. The Kier molecular flexibility index (Phi) is 3.56. The highest BCUT2D eigenvalue weighted by Crippen LogP contribution is 2.62. The van der Waals surface area contributed by atoms with Gasteiger partial charge in [0.2, 0.25) is 0 Å². The van der Waals surface area contributed by atoms with Crippen molar-refractivity contribution in [3.05, 3.63) is 18.0 Å². The Morgan fingerprint density at radius 2 is 1.92 bits per heavy atom. The number of hydrogen-bond acceptors (Lipinski definition) is 5. The number of methoxy groups -OCH3 is 1. The molecule has 1 heterocycles. The minimum Gasteiger partial charge on any atom is -0.467 e. The van der Waals surface area contributed by atoms with Crippen molar-refractivity contribution < 1.29 is 14.6 Å². The summed E-state index contributed by atoms with van der Waals surface area (Å²) < 4.78 is 4.92. The third-order valence-corrected chi connectivity index (χ3v) is 6.41. The third kappa shape index (κ3) is 2.57. The molecule has 130 valence electrons. The lowest BCUT2D eigenvalue weighted by Crippen LogP contribution is -2.61. The van der Waals surface area contributed by atoms with Crippen LogP contribution >= 0.6 is 0 Å². The van der Waals surface area contributed by atoms with Crippen molar-refractivity contribution >= 4 is 5.91 Å². The number of aromatic nitrogens is 2. The van der Waals surface area contributed by atoms with Crippen LogP contribution in [0.2, 0.25) is 0 Å². The van der Waals surface area contributed by atoms with Gasteiger partial charge in [-0.1, -0.05) is 0 Å². The van der Waals surface area contributed by atoms with Crippen LogP contribution in [0.1, 0.15) is 55.8 Å². The highest BCUT2D eigenvalue weighted by atomic mass is 16.5. The van der Waals surface area contributed by atoms with Gasteiger partial charge in [0.05, 0.1) is 18.3 Å². The number of carbonyl (C=O) groups excluding carboxylic acids is 1. The van der Waals surface area contributed by atoms with E-state index in [9.17, 15) is 9.90 Å². The van der Waals surface area contributed by atoms with Crippen LogP contribution in [0.25, 0.3) is 0 Å². The topological polar surface area (TPSA) is 84.3 Å². The van der Waals surface area contributed by atoms with Crippen molar-refractivity contribution in [3.63, 3.8) is 0 Å². The van der Waals surface area contributed by atoms with Crippen LogP contribution in [0, 0.1) is 17.3 Å². The fraction of sp³-hybridized carbons (Fsp3) is 0.722. The van der Waals surface area contributed by atoms with Crippen LogP contribution in [-0.2, 0) is 0 Å². The molecule has 0 saturated heterocycles. The summed E-state index contributed by atoms with van der Waals surface area (Å²) in [6.45, 7) is 2.08. The summed E-state index contributed by atoms with van der Waals surface area (Å²) in [7, 11) is 1.49. The minimum absolute atomic E-state index is 0.0296. The molecule has 4 saturated carbocycles. The zero-order valence-corrected chi connectivity index (χ0v) is 14.3. The normalized spacial score (nSPS) is 38.0. The lowest BCUT2D eigenvalue weighted by Gasteiger charge is -2.62. The minimum atomic E-state index is -0.508. The number of ether oxygens (including phenoxy) is 1. The molecule has 5 rings (SSSR count). The van der Waals surface area contributed by atoms with E-state index in [2.05, 4.69) is 22.2 Å². The van der Waals surface area contributed by atoms with Gasteiger partial charge in [0.25, 0.3) is 5.91 Å².